The van der Waals surface area contributed by atoms with Crippen molar-refractivity contribution in [3.05, 3.63) is 65.7 Å². The Hall–Kier alpha value is -1.69. The van der Waals surface area contributed by atoms with Gasteiger partial charge in [0.2, 0.25) is 0 Å². The first-order chi connectivity index (χ1) is 11.2. The fraction of sp³-hybridized carbons (Fsp3) is 0.333. The van der Waals surface area contributed by atoms with Crippen molar-refractivity contribution in [3.8, 4) is 5.75 Å². The van der Waals surface area contributed by atoms with Crippen LogP contribution < -0.4 is 10.5 Å². The van der Waals surface area contributed by atoms with Gasteiger partial charge in [-0.05, 0) is 18.1 Å². The van der Waals surface area contributed by atoms with Crippen LogP contribution in [-0.4, -0.2) is 31.1 Å². The fourth-order valence-electron chi connectivity index (χ4n) is 2.47. The topological polar surface area (TPSA) is 38.5 Å². The minimum atomic E-state index is -2.82. The van der Waals surface area contributed by atoms with Crippen LogP contribution in [0.1, 0.15) is 11.1 Å². The molecule has 0 atom stereocenters. The molecule has 0 amide bonds. The third-order valence-electron chi connectivity index (χ3n) is 3.59. The number of alkyl halides is 2. The van der Waals surface area contributed by atoms with Crippen LogP contribution in [0.15, 0.2) is 54.6 Å². The second-order valence-corrected chi connectivity index (χ2v) is 5.29. The van der Waals surface area contributed by atoms with E-state index in [4.69, 9.17) is 5.73 Å². The highest BCUT2D eigenvalue weighted by Crippen LogP contribution is 2.22. The van der Waals surface area contributed by atoms with Crippen LogP contribution in [0.5, 0.6) is 5.75 Å². The van der Waals surface area contributed by atoms with E-state index in [1.165, 1.54) is 5.56 Å². The van der Waals surface area contributed by atoms with Crippen molar-refractivity contribution < 1.29 is 13.5 Å². The first kappa shape index (κ1) is 20.4. The van der Waals surface area contributed by atoms with Gasteiger partial charge in [-0.15, -0.1) is 12.4 Å². The number of halogens is 3. The number of nitrogens with two attached hydrogens (primary N) is 1. The average Bonchev–Trinajstić information content (AvgIpc) is 2.55. The van der Waals surface area contributed by atoms with Crippen LogP contribution in [0.25, 0.3) is 0 Å². The quantitative estimate of drug-likeness (QED) is 0.744. The number of rotatable bonds is 9. The summed E-state index contributed by atoms with van der Waals surface area (Å²) < 4.78 is 29.6. The van der Waals surface area contributed by atoms with Gasteiger partial charge in [-0.25, -0.2) is 0 Å². The zero-order valence-electron chi connectivity index (χ0n) is 13.4. The monoisotopic (exact) mass is 356 g/mol. The number of para-hydroxylation sites is 1. The molecule has 2 N–H and O–H groups in total. The third-order valence-corrected chi connectivity index (χ3v) is 3.59. The number of ether oxygens (including phenoxy) is 1. The Morgan fingerprint density at radius 1 is 0.958 bits per heavy atom. The predicted molar refractivity (Wildman–Crippen MR) is 94.8 cm³/mol. The minimum Gasteiger partial charge on any atom is -0.434 e. The smallest absolute Gasteiger partial charge is 0.387 e. The molecule has 2 aromatic carbocycles. The van der Waals surface area contributed by atoms with Crippen LogP contribution in [0.2, 0.25) is 0 Å². The van der Waals surface area contributed by atoms with Crippen molar-refractivity contribution in [1.82, 2.24) is 4.90 Å². The van der Waals surface area contributed by atoms with Gasteiger partial charge in [0.05, 0.1) is 0 Å². The molecule has 0 spiro atoms. The van der Waals surface area contributed by atoms with Crippen LogP contribution in [0, 0.1) is 0 Å². The van der Waals surface area contributed by atoms with Gasteiger partial charge in [0.15, 0.2) is 0 Å². The first-order valence-corrected chi connectivity index (χ1v) is 7.68. The van der Waals surface area contributed by atoms with Gasteiger partial charge in [-0.2, -0.15) is 8.78 Å². The molecule has 132 valence electrons. The molecule has 0 heterocycles. The second-order valence-electron chi connectivity index (χ2n) is 5.29. The maximum absolute atomic E-state index is 12.5. The highest BCUT2D eigenvalue weighted by molar-refractivity contribution is 5.85. The van der Waals surface area contributed by atoms with Crippen molar-refractivity contribution >= 4 is 12.4 Å². The summed E-state index contributed by atoms with van der Waals surface area (Å²) in [6.07, 6.45) is 0.888. The van der Waals surface area contributed by atoms with E-state index in [0.717, 1.165) is 18.5 Å². The summed E-state index contributed by atoms with van der Waals surface area (Å²) in [4.78, 5) is 2.15. The minimum absolute atomic E-state index is 0. The van der Waals surface area contributed by atoms with Crippen molar-refractivity contribution in [3.63, 3.8) is 0 Å². The number of nitrogens with zero attached hydrogens (tertiary/aromatic N) is 1. The Balaban J connectivity index is 0.00000288. The summed E-state index contributed by atoms with van der Waals surface area (Å²) in [5.41, 5.74) is 7.66. The Labute approximate surface area is 147 Å². The van der Waals surface area contributed by atoms with Crippen LogP contribution >= 0.6 is 12.4 Å². The van der Waals surface area contributed by atoms with Crippen molar-refractivity contribution in [1.29, 1.82) is 0 Å². The normalized spacial score (nSPS) is 10.7. The number of benzene rings is 2. The van der Waals surface area contributed by atoms with Crippen LogP contribution in [0.4, 0.5) is 8.78 Å². The molecule has 0 aliphatic carbocycles. The van der Waals surface area contributed by atoms with E-state index in [-0.39, 0.29) is 18.2 Å². The summed E-state index contributed by atoms with van der Waals surface area (Å²) in [6, 6.07) is 17.1. The SMILES string of the molecule is Cl.NCCN(CCc1ccccc1)Cc1ccccc1OC(F)F. The molecule has 0 saturated carbocycles. The molecule has 0 aliphatic rings. The number of hydrogen-bond donors (Lipinski definition) is 1. The Morgan fingerprint density at radius 3 is 2.29 bits per heavy atom. The molecule has 0 unspecified atom stereocenters. The van der Waals surface area contributed by atoms with E-state index < -0.39 is 6.61 Å². The lowest BCUT2D eigenvalue weighted by Crippen LogP contribution is -2.31. The van der Waals surface area contributed by atoms with Gasteiger partial charge in [-0.3, -0.25) is 4.90 Å². The van der Waals surface area contributed by atoms with Gasteiger partial charge in [-0.1, -0.05) is 48.5 Å². The molecule has 0 fully saturated rings. The Bertz CT molecular complexity index is 584. The molecule has 3 nitrogen and oxygen atoms in total. The molecule has 24 heavy (non-hydrogen) atoms. The molecule has 0 aromatic heterocycles. The lowest BCUT2D eigenvalue weighted by molar-refractivity contribution is -0.0507. The van der Waals surface area contributed by atoms with Gasteiger partial charge < -0.3 is 10.5 Å². The standard InChI is InChI=1S/C18H22F2N2O.ClH/c19-18(20)23-17-9-5-4-8-16(17)14-22(13-11-21)12-10-15-6-2-1-3-7-15;/h1-9,18H,10-14,21H2;1H. The average molecular weight is 357 g/mol. The Morgan fingerprint density at radius 2 is 1.62 bits per heavy atom. The van der Waals surface area contributed by atoms with Crippen molar-refractivity contribution in [2.75, 3.05) is 19.6 Å². The lowest BCUT2D eigenvalue weighted by Gasteiger charge is -2.23. The van der Waals surface area contributed by atoms with E-state index in [9.17, 15) is 8.78 Å². The summed E-state index contributed by atoms with van der Waals surface area (Å²) >= 11 is 0. The van der Waals surface area contributed by atoms with E-state index in [0.29, 0.717) is 19.6 Å². The zero-order valence-corrected chi connectivity index (χ0v) is 14.2. The van der Waals surface area contributed by atoms with E-state index in [2.05, 4.69) is 21.8 Å². The summed E-state index contributed by atoms with van der Waals surface area (Å²) in [5.74, 6) is 0.226. The molecule has 0 radical (unpaired) electrons. The van der Waals surface area contributed by atoms with Crippen molar-refractivity contribution in [2.45, 2.75) is 19.6 Å². The molecule has 2 aromatic rings. The first-order valence-electron chi connectivity index (χ1n) is 7.68. The largest absolute Gasteiger partial charge is 0.434 e. The number of hydrogen-bond acceptors (Lipinski definition) is 3. The fourth-order valence-corrected chi connectivity index (χ4v) is 2.47. The zero-order chi connectivity index (χ0) is 16.5. The predicted octanol–water partition coefficient (Wildman–Crippen LogP) is 3.71. The Kier molecular flexibility index (Phi) is 9.30. The van der Waals surface area contributed by atoms with Crippen LogP contribution in [0.3, 0.4) is 0 Å². The molecule has 2 rings (SSSR count). The van der Waals surface area contributed by atoms with Crippen LogP contribution in [-0.2, 0) is 13.0 Å². The molecular formula is C18H23ClF2N2O. The van der Waals surface area contributed by atoms with Gasteiger partial charge >= 0.3 is 6.61 Å². The van der Waals surface area contributed by atoms with Crippen molar-refractivity contribution in [2.24, 2.45) is 5.73 Å². The third kappa shape index (κ3) is 6.83. The second kappa shape index (κ2) is 11.0. The highest BCUT2D eigenvalue weighted by atomic mass is 35.5. The van der Waals surface area contributed by atoms with E-state index in [1.54, 1.807) is 12.1 Å². The molecular weight excluding hydrogens is 334 g/mol. The van der Waals surface area contributed by atoms with E-state index in [1.807, 2.05) is 30.3 Å². The lowest BCUT2D eigenvalue weighted by atomic mass is 10.1. The molecule has 0 aliphatic heterocycles. The molecule has 0 bridgehead atoms. The summed E-state index contributed by atoms with van der Waals surface area (Å²) in [6.45, 7) is -0.247. The highest BCUT2D eigenvalue weighted by Gasteiger charge is 2.12. The van der Waals surface area contributed by atoms with Gasteiger partial charge in [0.25, 0.3) is 0 Å². The molecule has 0 saturated heterocycles. The summed E-state index contributed by atoms with van der Waals surface area (Å²) in [7, 11) is 0. The van der Waals surface area contributed by atoms with E-state index >= 15 is 0 Å². The maximum Gasteiger partial charge on any atom is 0.387 e. The molecule has 6 heteroatoms. The van der Waals surface area contributed by atoms with Gasteiger partial charge in [0, 0.05) is 31.7 Å². The van der Waals surface area contributed by atoms with Gasteiger partial charge in [0.1, 0.15) is 5.75 Å². The maximum atomic E-state index is 12.5. The summed E-state index contributed by atoms with van der Waals surface area (Å²) in [5, 5.41) is 0.